The van der Waals surface area contributed by atoms with Gasteiger partial charge in [-0.1, -0.05) is 17.8 Å². The van der Waals surface area contributed by atoms with Gasteiger partial charge in [0, 0.05) is 17.0 Å². The molecule has 4 nitrogen and oxygen atoms in total. The van der Waals surface area contributed by atoms with Crippen LogP contribution in [-0.4, -0.2) is 36.3 Å². The Morgan fingerprint density at radius 1 is 1.07 bits per heavy atom. The highest BCUT2D eigenvalue weighted by molar-refractivity contribution is 7.99. The minimum atomic E-state index is -2.47. The zero-order valence-corrected chi connectivity index (χ0v) is 15.4. The number of amides is 1. The van der Waals surface area contributed by atoms with Gasteiger partial charge in [0.25, 0.3) is 11.7 Å². The molecule has 2 aromatic carbocycles. The summed E-state index contributed by atoms with van der Waals surface area (Å²) >= 11 is 0.478. The first-order valence-corrected chi connectivity index (χ1v) is 9.75. The van der Waals surface area contributed by atoms with Crippen LogP contribution in [0.4, 0.5) is 8.78 Å². The summed E-state index contributed by atoms with van der Waals surface area (Å²) in [7, 11) is 0. The minimum Gasteiger partial charge on any atom is -0.486 e. The second-order valence-electron chi connectivity index (χ2n) is 6.46. The van der Waals surface area contributed by atoms with Crippen LogP contribution in [0.1, 0.15) is 34.8 Å². The number of likely N-dealkylation sites (tertiary alicyclic amines) is 1. The summed E-state index contributed by atoms with van der Waals surface area (Å²) in [6.07, 6.45) is 1.80. The van der Waals surface area contributed by atoms with Crippen LogP contribution >= 0.6 is 11.8 Å². The zero-order valence-electron chi connectivity index (χ0n) is 14.6. The molecule has 2 heterocycles. The van der Waals surface area contributed by atoms with E-state index in [9.17, 15) is 13.6 Å². The van der Waals surface area contributed by atoms with Gasteiger partial charge < -0.3 is 14.4 Å². The molecule has 2 aliphatic heterocycles. The molecule has 2 aromatic rings. The number of carbonyl (C=O) groups is 1. The molecule has 1 amide bonds. The molecule has 27 heavy (non-hydrogen) atoms. The van der Waals surface area contributed by atoms with Crippen molar-refractivity contribution >= 4 is 17.7 Å². The van der Waals surface area contributed by atoms with Crippen LogP contribution in [0.25, 0.3) is 0 Å². The molecule has 1 fully saturated rings. The predicted molar refractivity (Wildman–Crippen MR) is 98.7 cm³/mol. The van der Waals surface area contributed by atoms with Crippen molar-refractivity contribution in [2.75, 3.05) is 19.8 Å². The SMILES string of the molecule is O=C(c1ccc(SC(F)F)cc1)N1CCC[C@@H]1c1ccc2c(c1)OCCO2. The van der Waals surface area contributed by atoms with Gasteiger partial charge in [0.05, 0.1) is 6.04 Å². The third kappa shape index (κ3) is 3.88. The van der Waals surface area contributed by atoms with E-state index in [4.69, 9.17) is 9.47 Å². The molecule has 0 aliphatic carbocycles. The smallest absolute Gasteiger partial charge is 0.288 e. The average molecular weight is 391 g/mol. The van der Waals surface area contributed by atoms with E-state index in [1.54, 1.807) is 24.3 Å². The molecular formula is C20H19F2NO3S. The van der Waals surface area contributed by atoms with Crippen molar-refractivity contribution in [3.63, 3.8) is 0 Å². The highest BCUT2D eigenvalue weighted by Gasteiger charge is 2.31. The predicted octanol–water partition coefficient (Wildman–Crippen LogP) is 4.75. The summed E-state index contributed by atoms with van der Waals surface area (Å²) in [5, 5.41) is 0. The normalized spacial score (nSPS) is 18.8. The second-order valence-corrected chi connectivity index (χ2v) is 7.53. The Morgan fingerprint density at radius 3 is 2.56 bits per heavy atom. The fourth-order valence-corrected chi connectivity index (χ4v) is 4.07. The summed E-state index contributed by atoms with van der Waals surface area (Å²) in [5.74, 6) is -1.11. The Kier molecular flexibility index (Phi) is 5.20. The minimum absolute atomic E-state index is 0.0246. The number of carbonyl (C=O) groups excluding carboxylic acids is 1. The van der Waals surface area contributed by atoms with E-state index in [-0.39, 0.29) is 11.9 Å². The number of rotatable bonds is 4. The van der Waals surface area contributed by atoms with Crippen LogP contribution in [-0.2, 0) is 0 Å². The van der Waals surface area contributed by atoms with Crippen LogP contribution in [0, 0.1) is 0 Å². The van der Waals surface area contributed by atoms with Gasteiger partial charge in [-0.05, 0) is 54.8 Å². The lowest BCUT2D eigenvalue weighted by Gasteiger charge is -2.27. The highest BCUT2D eigenvalue weighted by Crippen LogP contribution is 2.38. The van der Waals surface area contributed by atoms with Crippen molar-refractivity contribution in [2.24, 2.45) is 0 Å². The van der Waals surface area contributed by atoms with E-state index in [2.05, 4.69) is 0 Å². The molecule has 0 bridgehead atoms. The largest absolute Gasteiger partial charge is 0.486 e. The Balaban J connectivity index is 1.53. The van der Waals surface area contributed by atoms with Crippen LogP contribution in [0.3, 0.4) is 0 Å². The molecule has 0 N–H and O–H groups in total. The molecular weight excluding hydrogens is 372 g/mol. The molecule has 142 valence electrons. The van der Waals surface area contributed by atoms with E-state index in [1.165, 1.54) is 0 Å². The topological polar surface area (TPSA) is 38.8 Å². The quantitative estimate of drug-likeness (QED) is 0.705. The van der Waals surface area contributed by atoms with Crippen LogP contribution in [0.15, 0.2) is 47.4 Å². The molecule has 0 spiro atoms. The lowest BCUT2D eigenvalue weighted by atomic mass is 10.0. The molecule has 0 saturated carbocycles. The number of hydrogen-bond donors (Lipinski definition) is 0. The zero-order chi connectivity index (χ0) is 18.8. The van der Waals surface area contributed by atoms with Crippen LogP contribution in [0.5, 0.6) is 11.5 Å². The maximum atomic E-state index is 13.0. The monoisotopic (exact) mass is 391 g/mol. The number of nitrogens with zero attached hydrogens (tertiary/aromatic N) is 1. The molecule has 1 saturated heterocycles. The van der Waals surface area contributed by atoms with Crippen molar-refractivity contribution in [1.29, 1.82) is 0 Å². The molecule has 0 unspecified atom stereocenters. The molecule has 2 aliphatic rings. The fraction of sp³-hybridized carbons (Fsp3) is 0.350. The maximum Gasteiger partial charge on any atom is 0.288 e. The third-order valence-corrected chi connectivity index (χ3v) is 5.51. The third-order valence-electron chi connectivity index (χ3n) is 4.79. The number of halogens is 2. The van der Waals surface area contributed by atoms with Gasteiger partial charge in [-0.25, -0.2) is 0 Å². The summed E-state index contributed by atoms with van der Waals surface area (Å²) < 4.78 is 36.1. The molecule has 0 aromatic heterocycles. The summed E-state index contributed by atoms with van der Waals surface area (Å²) in [6.45, 7) is 1.73. The van der Waals surface area contributed by atoms with Gasteiger partial charge in [-0.15, -0.1) is 0 Å². The Labute approximate surface area is 160 Å². The van der Waals surface area contributed by atoms with E-state index >= 15 is 0 Å². The van der Waals surface area contributed by atoms with Crippen molar-refractivity contribution in [2.45, 2.75) is 29.5 Å². The van der Waals surface area contributed by atoms with Gasteiger partial charge in [0.15, 0.2) is 11.5 Å². The molecule has 4 rings (SSSR count). The summed E-state index contributed by atoms with van der Waals surface area (Å²) in [6, 6.07) is 12.2. The number of fused-ring (bicyclic) bond motifs is 1. The van der Waals surface area contributed by atoms with Crippen molar-refractivity contribution < 1.29 is 23.0 Å². The lowest BCUT2D eigenvalue weighted by Crippen LogP contribution is -2.30. The van der Waals surface area contributed by atoms with Gasteiger partial charge in [0.2, 0.25) is 0 Å². The fourth-order valence-electron chi connectivity index (χ4n) is 3.57. The number of ether oxygens (including phenoxy) is 2. The number of hydrogen-bond acceptors (Lipinski definition) is 4. The number of thioether (sulfide) groups is 1. The van der Waals surface area contributed by atoms with Crippen molar-refractivity contribution in [3.8, 4) is 11.5 Å². The summed E-state index contributed by atoms with van der Waals surface area (Å²) in [4.78, 5) is 15.3. The first kappa shape index (κ1) is 18.1. The van der Waals surface area contributed by atoms with Crippen molar-refractivity contribution in [3.05, 3.63) is 53.6 Å². The average Bonchev–Trinajstić information content (AvgIpc) is 3.17. The molecule has 0 radical (unpaired) electrons. The molecule has 7 heteroatoms. The van der Waals surface area contributed by atoms with Gasteiger partial charge in [0.1, 0.15) is 13.2 Å². The first-order valence-electron chi connectivity index (χ1n) is 8.87. The lowest BCUT2D eigenvalue weighted by molar-refractivity contribution is 0.0735. The van der Waals surface area contributed by atoms with E-state index < -0.39 is 5.76 Å². The van der Waals surface area contributed by atoms with E-state index in [0.29, 0.717) is 47.7 Å². The molecule has 1 atom stereocenters. The Morgan fingerprint density at radius 2 is 1.81 bits per heavy atom. The first-order chi connectivity index (χ1) is 13.1. The van der Waals surface area contributed by atoms with Gasteiger partial charge >= 0.3 is 0 Å². The number of alkyl halides is 2. The Hall–Kier alpha value is -2.28. The maximum absolute atomic E-state index is 13.0. The standard InChI is InChI=1S/C20H19F2NO3S/c21-20(22)27-15-6-3-13(4-7-15)19(24)23-9-1-2-16(23)14-5-8-17-18(12-14)26-11-10-25-17/h3-8,12,16,20H,1-2,9-11H2/t16-/m1/s1. The van der Waals surface area contributed by atoms with Crippen molar-refractivity contribution in [1.82, 2.24) is 4.90 Å². The second kappa shape index (κ2) is 7.76. The van der Waals surface area contributed by atoms with E-state index in [1.807, 2.05) is 23.1 Å². The highest BCUT2D eigenvalue weighted by atomic mass is 32.2. The van der Waals surface area contributed by atoms with E-state index in [0.717, 1.165) is 24.2 Å². The van der Waals surface area contributed by atoms with Gasteiger partial charge in [-0.3, -0.25) is 4.79 Å². The van der Waals surface area contributed by atoms with Gasteiger partial charge in [-0.2, -0.15) is 8.78 Å². The number of benzene rings is 2. The van der Waals surface area contributed by atoms with Crippen LogP contribution < -0.4 is 9.47 Å². The summed E-state index contributed by atoms with van der Waals surface area (Å²) in [5.41, 5.74) is 1.54. The Bertz CT molecular complexity index is 828. The van der Waals surface area contributed by atoms with Crippen LogP contribution in [0.2, 0.25) is 0 Å².